The molecule has 3 atom stereocenters. The van der Waals surface area contributed by atoms with Crippen LogP contribution in [0.1, 0.15) is 38.7 Å². The number of hydrogen-bond acceptors (Lipinski definition) is 2. The second-order valence-corrected chi connectivity index (χ2v) is 6.59. The van der Waals surface area contributed by atoms with Crippen LogP contribution in [-0.4, -0.2) is 23.0 Å². The van der Waals surface area contributed by atoms with Crippen LogP contribution in [0.25, 0.3) is 0 Å². The van der Waals surface area contributed by atoms with Gasteiger partial charge in [-0.3, -0.25) is 9.59 Å². The van der Waals surface area contributed by atoms with Crippen molar-refractivity contribution in [3.05, 3.63) is 35.9 Å². The van der Waals surface area contributed by atoms with Crippen LogP contribution in [-0.2, 0) is 16.0 Å². The normalized spacial score (nSPS) is 22.5. The Balaban J connectivity index is 1.94. The Bertz CT molecular complexity index is 512. The van der Waals surface area contributed by atoms with Crippen molar-refractivity contribution in [3.8, 4) is 0 Å². The minimum absolute atomic E-state index is 0.00521. The van der Waals surface area contributed by atoms with E-state index in [1.165, 1.54) is 0 Å². The Labute approximate surface area is 131 Å². The molecule has 0 heterocycles. The number of carboxylic acids is 1. The van der Waals surface area contributed by atoms with Gasteiger partial charge in [0.05, 0.1) is 5.92 Å². The molecule has 4 heteroatoms. The molecule has 4 nitrogen and oxygen atoms in total. The zero-order chi connectivity index (χ0) is 16.1. The summed E-state index contributed by atoms with van der Waals surface area (Å²) in [5.74, 6) is -0.837. The maximum absolute atomic E-state index is 12.6. The van der Waals surface area contributed by atoms with Gasteiger partial charge in [0, 0.05) is 12.0 Å². The molecule has 1 fully saturated rings. The van der Waals surface area contributed by atoms with Crippen LogP contribution >= 0.6 is 0 Å². The van der Waals surface area contributed by atoms with Crippen molar-refractivity contribution in [1.29, 1.82) is 0 Å². The summed E-state index contributed by atoms with van der Waals surface area (Å²) in [6.45, 7) is 4.11. The van der Waals surface area contributed by atoms with Crippen molar-refractivity contribution in [2.24, 2.45) is 17.8 Å². The summed E-state index contributed by atoms with van der Waals surface area (Å²) >= 11 is 0. The number of amides is 1. The standard InChI is InChI=1S/C18H25NO3/c1-12(2)16(10-13-6-4-3-5-7-13)17(20)19-15-9-8-14(11-15)18(21)22/h3-7,12,14-16H,8-11H2,1-2H3,(H,19,20)(H,21,22)/t14-,15+,16?/m0/s1. The fraction of sp³-hybridized carbons (Fsp3) is 0.556. The molecule has 0 aromatic heterocycles. The lowest BCUT2D eigenvalue weighted by atomic mass is 9.88. The van der Waals surface area contributed by atoms with Crippen molar-refractivity contribution in [1.82, 2.24) is 5.32 Å². The van der Waals surface area contributed by atoms with E-state index in [9.17, 15) is 9.59 Å². The zero-order valence-electron chi connectivity index (χ0n) is 13.3. The molecule has 1 aliphatic carbocycles. The molecule has 0 spiro atoms. The van der Waals surface area contributed by atoms with Crippen LogP contribution in [0.2, 0.25) is 0 Å². The molecule has 2 rings (SSSR count). The molecule has 0 aliphatic heterocycles. The Morgan fingerprint density at radius 3 is 2.45 bits per heavy atom. The van der Waals surface area contributed by atoms with E-state index in [0.717, 1.165) is 18.4 Å². The topological polar surface area (TPSA) is 66.4 Å². The van der Waals surface area contributed by atoms with Crippen molar-refractivity contribution in [2.75, 3.05) is 0 Å². The lowest BCUT2D eigenvalue weighted by Gasteiger charge is -2.23. The highest BCUT2D eigenvalue weighted by atomic mass is 16.4. The number of carbonyl (C=O) groups is 2. The first kappa shape index (κ1) is 16.5. The maximum Gasteiger partial charge on any atom is 0.306 e. The molecule has 1 unspecified atom stereocenters. The van der Waals surface area contributed by atoms with E-state index in [1.807, 2.05) is 30.3 Å². The van der Waals surface area contributed by atoms with Gasteiger partial charge in [0.25, 0.3) is 0 Å². The number of benzene rings is 1. The number of hydrogen-bond donors (Lipinski definition) is 2. The first-order valence-corrected chi connectivity index (χ1v) is 8.04. The fourth-order valence-electron chi connectivity index (χ4n) is 3.14. The van der Waals surface area contributed by atoms with Crippen LogP contribution in [0.15, 0.2) is 30.3 Å². The minimum atomic E-state index is -0.749. The van der Waals surface area contributed by atoms with Gasteiger partial charge in [-0.05, 0) is 37.2 Å². The van der Waals surface area contributed by atoms with Gasteiger partial charge in [-0.25, -0.2) is 0 Å². The molecule has 0 bridgehead atoms. The average molecular weight is 303 g/mol. The molecular formula is C18H25NO3. The van der Waals surface area contributed by atoms with E-state index in [0.29, 0.717) is 12.8 Å². The summed E-state index contributed by atoms with van der Waals surface area (Å²) in [4.78, 5) is 23.6. The summed E-state index contributed by atoms with van der Waals surface area (Å²) in [5, 5.41) is 12.1. The quantitative estimate of drug-likeness (QED) is 0.849. The maximum atomic E-state index is 12.6. The molecule has 0 radical (unpaired) electrons. The van der Waals surface area contributed by atoms with Gasteiger partial charge in [0.15, 0.2) is 0 Å². The minimum Gasteiger partial charge on any atom is -0.481 e. The molecular weight excluding hydrogens is 278 g/mol. The first-order chi connectivity index (χ1) is 10.5. The molecule has 1 aliphatic rings. The van der Waals surface area contributed by atoms with Gasteiger partial charge in [0.2, 0.25) is 5.91 Å². The van der Waals surface area contributed by atoms with Crippen molar-refractivity contribution < 1.29 is 14.7 Å². The highest BCUT2D eigenvalue weighted by Gasteiger charge is 2.32. The van der Waals surface area contributed by atoms with Gasteiger partial charge < -0.3 is 10.4 Å². The van der Waals surface area contributed by atoms with Crippen LogP contribution < -0.4 is 5.32 Å². The van der Waals surface area contributed by atoms with Gasteiger partial charge in [0.1, 0.15) is 0 Å². The Morgan fingerprint density at radius 1 is 1.23 bits per heavy atom. The second-order valence-electron chi connectivity index (χ2n) is 6.59. The van der Waals surface area contributed by atoms with Gasteiger partial charge in [-0.1, -0.05) is 44.2 Å². The summed E-state index contributed by atoms with van der Waals surface area (Å²) in [6, 6.07) is 10.0. The molecule has 1 amide bonds. The summed E-state index contributed by atoms with van der Waals surface area (Å²) < 4.78 is 0. The molecule has 1 aromatic rings. The predicted octanol–water partition coefficient (Wildman–Crippen LogP) is 2.87. The number of aliphatic carboxylic acids is 1. The average Bonchev–Trinajstić information content (AvgIpc) is 2.94. The third kappa shape index (κ3) is 4.33. The van der Waals surface area contributed by atoms with Crippen molar-refractivity contribution >= 4 is 11.9 Å². The summed E-state index contributed by atoms with van der Waals surface area (Å²) in [6.07, 6.45) is 2.70. The number of rotatable bonds is 6. The fourth-order valence-corrected chi connectivity index (χ4v) is 3.14. The summed E-state index contributed by atoms with van der Waals surface area (Å²) in [5.41, 5.74) is 1.16. The molecule has 2 N–H and O–H groups in total. The van der Waals surface area contributed by atoms with Crippen LogP contribution in [0.5, 0.6) is 0 Å². The van der Waals surface area contributed by atoms with Crippen LogP contribution in [0.4, 0.5) is 0 Å². The van der Waals surface area contributed by atoms with Gasteiger partial charge in [-0.2, -0.15) is 0 Å². The van der Waals surface area contributed by atoms with Crippen LogP contribution in [0.3, 0.4) is 0 Å². The highest BCUT2D eigenvalue weighted by molar-refractivity contribution is 5.80. The van der Waals surface area contributed by atoms with E-state index >= 15 is 0 Å². The molecule has 120 valence electrons. The monoisotopic (exact) mass is 303 g/mol. The molecule has 1 aromatic carbocycles. The van der Waals surface area contributed by atoms with E-state index in [1.54, 1.807) is 0 Å². The molecule has 1 saturated carbocycles. The predicted molar refractivity (Wildman–Crippen MR) is 85.4 cm³/mol. The van der Waals surface area contributed by atoms with Crippen molar-refractivity contribution in [2.45, 2.75) is 45.6 Å². The highest BCUT2D eigenvalue weighted by Crippen LogP contribution is 2.26. The summed E-state index contributed by atoms with van der Waals surface area (Å²) in [7, 11) is 0. The smallest absolute Gasteiger partial charge is 0.306 e. The first-order valence-electron chi connectivity index (χ1n) is 8.04. The van der Waals surface area contributed by atoms with Gasteiger partial charge in [-0.15, -0.1) is 0 Å². The molecule has 0 saturated heterocycles. The number of nitrogens with one attached hydrogen (secondary N) is 1. The Morgan fingerprint density at radius 2 is 1.91 bits per heavy atom. The lowest BCUT2D eigenvalue weighted by molar-refractivity contribution is -0.141. The number of carboxylic acid groups (broad SMARTS) is 1. The van der Waals surface area contributed by atoms with E-state index in [4.69, 9.17) is 5.11 Å². The Hall–Kier alpha value is -1.84. The van der Waals surface area contributed by atoms with E-state index in [-0.39, 0.29) is 29.7 Å². The molecule has 22 heavy (non-hydrogen) atoms. The van der Waals surface area contributed by atoms with E-state index < -0.39 is 5.97 Å². The lowest BCUT2D eigenvalue weighted by Crippen LogP contribution is -2.40. The Kier molecular flexibility index (Phi) is 5.58. The second kappa shape index (κ2) is 7.43. The zero-order valence-corrected chi connectivity index (χ0v) is 13.3. The number of carbonyl (C=O) groups excluding carboxylic acids is 1. The third-order valence-corrected chi connectivity index (χ3v) is 4.57. The van der Waals surface area contributed by atoms with Crippen molar-refractivity contribution in [3.63, 3.8) is 0 Å². The van der Waals surface area contributed by atoms with E-state index in [2.05, 4.69) is 19.2 Å². The third-order valence-electron chi connectivity index (χ3n) is 4.57. The van der Waals surface area contributed by atoms with Gasteiger partial charge >= 0.3 is 5.97 Å². The van der Waals surface area contributed by atoms with Crippen LogP contribution in [0, 0.1) is 17.8 Å². The SMILES string of the molecule is CC(C)C(Cc1ccccc1)C(=O)N[C@@H]1CC[C@H](C(=O)O)C1. The largest absolute Gasteiger partial charge is 0.481 e.